The highest BCUT2D eigenvalue weighted by atomic mass is 32.2. The summed E-state index contributed by atoms with van der Waals surface area (Å²) in [6, 6.07) is 17.3. The van der Waals surface area contributed by atoms with Gasteiger partial charge >= 0.3 is 0 Å². The molecule has 1 heterocycles. The van der Waals surface area contributed by atoms with Crippen molar-refractivity contribution in [2.75, 3.05) is 17.7 Å². The second-order valence-corrected chi connectivity index (χ2v) is 8.09. The van der Waals surface area contributed by atoms with Crippen molar-refractivity contribution in [3.05, 3.63) is 76.4 Å². The highest BCUT2D eigenvalue weighted by molar-refractivity contribution is 8.04. The molecule has 0 unspecified atom stereocenters. The van der Waals surface area contributed by atoms with Crippen molar-refractivity contribution < 1.29 is 14.3 Å². The third kappa shape index (κ3) is 5.87. The molecule has 0 spiro atoms. The van der Waals surface area contributed by atoms with E-state index in [2.05, 4.69) is 22.8 Å². The van der Waals surface area contributed by atoms with E-state index in [1.807, 2.05) is 25.1 Å². The molecule has 0 radical (unpaired) electrons. The Hall–Kier alpha value is -2.73. The summed E-state index contributed by atoms with van der Waals surface area (Å²) in [6.45, 7) is 4.38. The van der Waals surface area contributed by atoms with Crippen LogP contribution in [0.15, 0.2) is 65.3 Å². The number of carbonyl (C=O) groups excluding carboxylic acids is 2. The summed E-state index contributed by atoms with van der Waals surface area (Å²) < 4.78 is 5.46. The highest BCUT2D eigenvalue weighted by Gasteiger charge is 2.21. The smallest absolute Gasteiger partial charge is 0.265 e. The number of carbonyl (C=O) groups is 2. The van der Waals surface area contributed by atoms with Gasteiger partial charge in [-0.2, -0.15) is 0 Å². The normalized spacial score (nSPS) is 14.7. The number of para-hydroxylation sites is 1. The van der Waals surface area contributed by atoms with Crippen LogP contribution in [0.5, 0.6) is 0 Å². The van der Waals surface area contributed by atoms with Crippen molar-refractivity contribution in [2.24, 2.45) is 0 Å². The Morgan fingerprint density at radius 2 is 1.79 bits per heavy atom. The number of anilines is 1. The van der Waals surface area contributed by atoms with Crippen LogP contribution >= 0.6 is 11.8 Å². The van der Waals surface area contributed by atoms with Gasteiger partial charge in [0.2, 0.25) is 0 Å². The zero-order chi connectivity index (χ0) is 20.6. The predicted molar refractivity (Wildman–Crippen MR) is 118 cm³/mol. The molecule has 0 saturated heterocycles. The molecule has 1 aliphatic rings. The van der Waals surface area contributed by atoms with Crippen LogP contribution < -0.4 is 10.6 Å². The van der Waals surface area contributed by atoms with Crippen LogP contribution in [0.25, 0.3) is 0 Å². The molecular weight excluding hydrogens is 384 g/mol. The number of allylic oxidation sites excluding steroid dienone is 1. The van der Waals surface area contributed by atoms with Gasteiger partial charge in [-0.15, -0.1) is 11.8 Å². The Kier molecular flexibility index (Phi) is 7.36. The molecule has 2 aromatic carbocycles. The van der Waals surface area contributed by atoms with E-state index in [4.69, 9.17) is 4.74 Å². The Bertz CT molecular complexity index is 896. The molecule has 1 aliphatic heterocycles. The Morgan fingerprint density at radius 1 is 1.07 bits per heavy atom. The van der Waals surface area contributed by atoms with Gasteiger partial charge in [0.05, 0.1) is 17.9 Å². The molecular formula is C23H26N2O3S. The molecule has 2 amide bonds. The Morgan fingerprint density at radius 3 is 2.55 bits per heavy atom. The minimum absolute atomic E-state index is 0.0127. The summed E-state index contributed by atoms with van der Waals surface area (Å²) >= 11 is 1.47. The Balaban J connectivity index is 1.63. The summed E-state index contributed by atoms with van der Waals surface area (Å²) in [5.74, 6) is 0.917. The number of thioether (sulfide) groups is 1. The zero-order valence-corrected chi connectivity index (χ0v) is 17.6. The standard InChI is InChI=1S/C23H26N2O3S/c1-16(12-13-18-8-4-3-5-9-18)24-22(26)19-10-6-7-11-20(19)25-23(27)21-17(2)28-14-15-29-21/h3-11,16H,12-15H2,1-2H3,(H,24,26)(H,25,27)/t16-/m0/s1. The lowest BCUT2D eigenvalue weighted by Gasteiger charge is -2.19. The van der Waals surface area contributed by atoms with Crippen molar-refractivity contribution in [3.63, 3.8) is 0 Å². The fraction of sp³-hybridized carbons (Fsp3) is 0.304. The van der Waals surface area contributed by atoms with Crippen LogP contribution in [0.3, 0.4) is 0 Å². The third-order valence-electron chi connectivity index (χ3n) is 4.68. The highest BCUT2D eigenvalue weighted by Crippen LogP contribution is 2.27. The van der Waals surface area contributed by atoms with E-state index in [-0.39, 0.29) is 17.9 Å². The van der Waals surface area contributed by atoms with Gasteiger partial charge in [-0.1, -0.05) is 42.5 Å². The number of amides is 2. The summed E-state index contributed by atoms with van der Waals surface area (Å²) in [5.41, 5.74) is 2.20. The second kappa shape index (κ2) is 10.2. The van der Waals surface area contributed by atoms with Crippen LogP contribution in [0.4, 0.5) is 5.69 Å². The summed E-state index contributed by atoms with van der Waals surface area (Å²) in [7, 11) is 0. The number of nitrogens with one attached hydrogen (secondary N) is 2. The summed E-state index contributed by atoms with van der Waals surface area (Å²) in [5, 5.41) is 5.90. The first kappa shape index (κ1) is 21.0. The molecule has 0 saturated carbocycles. The second-order valence-electron chi connectivity index (χ2n) is 6.98. The van der Waals surface area contributed by atoms with Crippen LogP contribution in [-0.2, 0) is 16.0 Å². The van der Waals surface area contributed by atoms with Crippen molar-refractivity contribution in [2.45, 2.75) is 32.7 Å². The topological polar surface area (TPSA) is 67.4 Å². The van der Waals surface area contributed by atoms with Crippen molar-refractivity contribution in [1.82, 2.24) is 5.32 Å². The molecule has 6 heteroatoms. The lowest BCUT2D eigenvalue weighted by atomic mass is 10.1. The predicted octanol–water partition coefficient (Wildman–Crippen LogP) is 4.37. The first-order valence-electron chi connectivity index (χ1n) is 9.76. The zero-order valence-electron chi connectivity index (χ0n) is 16.7. The molecule has 29 heavy (non-hydrogen) atoms. The number of ether oxygens (including phenoxy) is 1. The first-order chi connectivity index (χ1) is 14.0. The van der Waals surface area contributed by atoms with E-state index in [0.717, 1.165) is 18.6 Å². The lowest BCUT2D eigenvalue weighted by molar-refractivity contribution is -0.112. The molecule has 1 atom stereocenters. The van der Waals surface area contributed by atoms with E-state index in [1.165, 1.54) is 17.3 Å². The summed E-state index contributed by atoms with van der Waals surface area (Å²) in [6.07, 6.45) is 1.73. The minimum Gasteiger partial charge on any atom is -0.496 e. The maximum absolute atomic E-state index is 12.8. The quantitative estimate of drug-likeness (QED) is 0.711. The van der Waals surface area contributed by atoms with Gasteiger partial charge in [0.25, 0.3) is 11.8 Å². The van der Waals surface area contributed by atoms with E-state index >= 15 is 0 Å². The van der Waals surface area contributed by atoms with Gasteiger partial charge < -0.3 is 15.4 Å². The fourth-order valence-corrected chi connectivity index (χ4v) is 3.92. The maximum atomic E-state index is 12.8. The summed E-state index contributed by atoms with van der Waals surface area (Å²) in [4.78, 5) is 26.0. The van der Waals surface area contributed by atoms with Gasteiger partial charge in [0.1, 0.15) is 10.7 Å². The van der Waals surface area contributed by atoms with Gasteiger partial charge in [-0.25, -0.2) is 0 Å². The molecule has 0 aromatic heterocycles. The van der Waals surface area contributed by atoms with Gasteiger partial charge in [-0.05, 0) is 44.4 Å². The van der Waals surface area contributed by atoms with Gasteiger partial charge in [0, 0.05) is 11.8 Å². The molecule has 0 fully saturated rings. The maximum Gasteiger partial charge on any atom is 0.265 e. The molecule has 0 aliphatic carbocycles. The average Bonchev–Trinajstić information content (AvgIpc) is 2.73. The lowest BCUT2D eigenvalue weighted by Crippen LogP contribution is -2.33. The van der Waals surface area contributed by atoms with Crippen LogP contribution in [0, 0.1) is 0 Å². The van der Waals surface area contributed by atoms with Gasteiger partial charge in [0.15, 0.2) is 0 Å². The Labute approximate surface area is 175 Å². The SMILES string of the molecule is CC1=C(C(=O)Nc2ccccc2C(=O)N[C@@H](C)CCc2ccccc2)SCCO1. The molecule has 3 rings (SSSR count). The van der Waals surface area contributed by atoms with Crippen LogP contribution in [-0.4, -0.2) is 30.2 Å². The molecule has 0 bridgehead atoms. The fourth-order valence-electron chi connectivity index (χ4n) is 3.10. The van der Waals surface area contributed by atoms with Crippen molar-refractivity contribution >= 4 is 29.3 Å². The molecule has 5 nitrogen and oxygen atoms in total. The molecule has 152 valence electrons. The number of benzene rings is 2. The minimum atomic E-state index is -0.246. The molecule has 2 aromatic rings. The monoisotopic (exact) mass is 410 g/mol. The molecule has 2 N–H and O–H groups in total. The largest absolute Gasteiger partial charge is 0.496 e. The van der Waals surface area contributed by atoms with Crippen molar-refractivity contribution in [1.29, 1.82) is 0 Å². The number of hydrogen-bond acceptors (Lipinski definition) is 4. The van der Waals surface area contributed by atoms with Gasteiger partial charge in [-0.3, -0.25) is 9.59 Å². The van der Waals surface area contributed by atoms with E-state index in [0.29, 0.717) is 28.5 Å². The van der Waals surface area contributed by atoms with E-state index in [1.54, 1.807) is 31.2 Å². The van der Waals surface area contributed by atoms with Crippen LogP contribution in [0.2, 0.25) is 0 Å². The van der Waals surface area contributed by atoms with E-state index in [9.17, 15) is 9.59 Å². The van der Waals surface area contributed by atoms with Crippen LogP contribution in [0.1, 0.15) is 36.2 Å². The van der Waals surface area contributed by atoms with E-state index < -0.39 is 0 Å². The first-order valence-corrected chi connectivity index (χ1v) is 10.7. The number of aryl methyl sites for hydroxylation is 1. The average molecular weight is 411 g/mol. The van der Waals surface area contributed by atoms with Crippen molar-refractivity contribution in [3.8, 4) is 0 Å². The number of rotatable bonds is 7. The third-order valence-corrected chi connectivity index (χ3v) is 5.81. The number of hydrogen-bond donors (Lipinski definition) is 2.